The molecule has 0 aliphatic carbocycles. The Labute approximate surface area is 135 Å². The molecule has 0 aromatic heterocycles. The zero-order chi connectivity index (χ0) is 17.1. The Bertz CT molecular complexity index is 287. The van der Waals surface area contributed by atoms with Crippen molar-refractivity contribution in [2.24, 2.45) is 0 Å². The molecule has 0 amide bonds. The number of hydrogen-bond donors (Lipinski definition) is 2. The van der Waals surface area contributed by atoms with E-state index in [2.05, 4.69) is 73.0 Å². The van der Waals surface area contributed by atoms with E-state index in [0.717, 1.165) is 19.5 Å². The summed E-state index contributed by atoms with van der Waals surface area (Å²) in [6, 6.07) is 0. The van der Waals surface area contributed by atoms with E-state index in [4.69, 9.17) is 9.22 Å². The first-order chi connectivity index (χ1) is 9.10. The van der Waals surface area contributed by atoms with Crippen LogP contribution in [0.1, 0.15) is 48.0 Å². The van der Waals surface area contributed by atoms with Gasteiger partial charge in [-0.3, -0.25) is 0 Å². The quantitative estimate of drug-likeness (QED) is 0.738. The second-order valence-electron chi connectivity index (χ2n) is 9.27. The van der Waals surface area contributed by atoms with Crippen LogP contribution in [0.4, 0.5) is 0 Å². The smallest absolute Gasteiger partial charge is 0.178 e. The van der Waals surface area contributed by atoms with Crippen molar-refractivity contribution in [3.05, 3.63) is 0 Å². The molecule has 1 saturated heterocycles. The maximum atomic E-state index is 8.67. The fourth-order valence-electron chi connectivity index (χ4n) is 1.58. The van der Waals surface area contributed by atoms with Gasteiger partial charge in [0.1, 0.15) is 0 Å². The predicted molar refractivity (Wildman–Crippen MR) is 99.0 cm³/mol. The Kier molecular flexibility index (Phi) is 7.37. The summed E-state index contributed by atoms with van der Waals surface area (Å²) in [5, 5.41) is 12.3. The van der Waals surface area contributed by atoms with Crippen LogP contribution in [0.25, 0.3) is 0 Å². The number of aliphatic hydroxyl groups excluding tert-OH is 1. The monoisotopic (exact) mass is 333 g/mol. The van der Waals surface area contributed by atoms with Gasteiger partial charge in [0.05, 0.1) is 6.10 Å². The topological polar surface area (TPSA) is 41.5 Å². The van der Waals surface area contributed by atoms with E-state index < -0.39 is 16.6 Å². The van der Waals surface area contributed by atoms with Gasteiger partial charge < -0.3 is 14.5 Å². The first-order valence-corrected chi connectivity index (χ1v) is 14.0. The summed E-state index contributed by atoms with van der Waals surface area (Å²) in [5.41, 5.74) is 0. The predicted octanol–water partition coefficient (Wildman–Crippen LogP) is 4.35. The van der Waals surface area contributed by atoms with Crippen LogP contribution in [0.2, 0.25) is 36.3 Å². The minimum absolute atomic E-state index is 0.0648. The summed E-state index contributed by atoms with van der Waals surface area (Å²) in [6.45, 7) is 25.1. The molecule has 1 heterocycles. The maximum Gasteiger partial charge on any atom is 0.178 e. The Morgan fingerprint density at radius 1 is 0.905 bits per heavy atom. The Hall–Kier alpha value is 0.314. The molecule has 5 heteroatoms. The lowest BCUT2D eigenvalue weighted by Gasteiger charge is -2.47. The highest BCUT2D eigenvalue weighted by molar-refractivity contribution is 6.87. The average Bonchev–Trinajstić information content (AvgIpc) is 2.64. The van der Waals surface area contributed by atoms with Crippen LogP contribution in [-0.4, -0.2) is 40.9 Å². The van der Waals surface area contributed by atoms with Crippen molar-refractivity contribution in [1.82, 2.24) is 5.32 Å². The molecule has 0 bridgehead atoms. The maximum absolute atomic E-state index is 8.67. The molecule has 1 atom stereocenters. The third-order valence-electron chi connectivity index (χ3n) is 5.16. The van der Waals surface area contributed by atoms with Crippen LogP contribution in [-0.2, 0) is 4.12 Å². The molecular weight excluding hydrogens is 294 g/mol. The largest absolute Gasteiger partial charge is 0.455 e. The SMILES string of the molecule is CC(C)(C)[Si](C)(C)O[Si](C)(C)C(C)(C)C.OC1CCNC1. The normalized spacial score (nSPS) is 21.0. The number of β-amino-alcohol motifs (C(OH)–C–C–N with tert-alkyl or cyclic N) is 1. The first-order valence-electron chi connectivity index (χ1n) is 8.19. The van der Waals surface area contributed by atoms with Crippen molar-refractivity contribution < 1.29 is 9.22 Å². The third kappa shape index (κ3) is 6.95. The molecule has 128 valence electrons. The van der Waals surface area contributed by atoms with Gasteiger partial charge in [-0.25, -0.2) is 0 Å². The Balaban J connectivity index is 0.000000547. The van der Waals surface area contributed by atoms with Crippen LogP contribution >= 0.6 is 0 Å². The van der Waals surface area contributed by atoms with Gasteiger partial charge in [-0.1, -0.05) is 41.5 Å². The van der Waals surface area contributed by atoms with Gasteiger partial charge in [-0.05, 0) is 49.2 Å². The standard InChI is InChI=1S/C12H30OSi2.C4H9NO/c1-11(2,3)14(7,8)13-15(9,10)12(4,5)6;6-4-1-2-5-3-4/h1-10H3;4-6H,1-3H2. The van der Waals surface area contributed by atoms with E-state index in [0.29, 0.717) is 10.1 Å². The highest BCUT2D eigenvalue weighted by Gasteiger charge is 2.46. The van der Waals surface area contributed by atoms with Crippen LogP contribution < -0.4 is 5.32 Å². The van der Waals surface area contributed by atoms with Gasteiger partial charge in [0.25, 0.3) is 0 Å². The molecule has 0 saturated carbocycles. The van der Waals surface area contributed by atoms with Gasteiger partial charge >= 0.3 is 0 Å². The molecule has 1 unspecified atom stereocenters. The molecule has 1 fully saturated rings. The van der Waals surface area contributed by atoms with E-state index >= 15 is 0 Å². The summed E-state index contributed by atoms with van der Waals surface area (Å²) in [4.78, 5) is 0. The third-order valence-corrected chi connectivity index (χ3v) is 16.5. The lowest BCUT2D eigenvalue weighted by molar-refractivity contribution is 0.196. The van der Waals surface area contributed by atoms with E-state index in [1.54, 1.807) is 0 Å². The number of aliphatic hydroxyl groups is 1. The first kappa shape index (κ1) is 21.3. The van der Waals surface area contributed by atoms with Crippen LogP contribution in [0.15, 0.2) is 0 Å². The molecule has 3 nitrogen and oxygen atoms in total. The highest BCUT2D eigenvalue weighted by Crippen LogP contribution is 2.44. The minimum atomic E-state index is -1.59. The molecule has 0 radical (unpaired) electrons. The van der Waals surface area contributed by atoms with Crippen molar-refractivity contribution in [1.29, 1.82) is 0 Å². The van der Waals surface area contributed by atoms with Gasteiger partial charge in [-0.2, -0.15) is 0 Å². The second kappa shape index (κ2) is 7.26. The highest BCUT2D eigenvalue weighted by atomic mass is 28.4. The molecule has 0 aromatic carbocycles. The van der Waals surface area contributed by atoms with Crippen molar-refractivity contribution in [2.45, 2.75) is 90.3 Å². The summed E-state index contributed by atoms with van der Waals surface area (Å²) in [6.07, 6.45) is 0.866. The Morgan fingerprint density at radius 3 is 1.43 bits per heavy atom. The zero-order valence-corrected chi connectivity index (χ0v) is 18.1. The van der Waals surface area contributed by atoms with Crippen LogP contribution in [0, 0.1) is 0 Å². The fourth-order valence-corrected chi connectivity index (χ4v) is 9.14. The summed E-state index contributed by atoms with van der Waals surface area (Å²) < 4.78 is 6.63. The summed E-state index contributed by atoms with van der Waals surface area (Å²) in [5.74, 6) is 0. The molecule has 1 aliphatic rings. The van der Waals surface area contributed by atoms with Crippen molar-refractivity contribution in [2.75, 3.05) is 13.1 Å². The fraction of sp³-hybridized carbons (Fsp3) is 1.00. The lowest BCUT2D eigenvalue weighted by Crippen LogP contribution is -2.53. The summed E-state index contributed by atoms with van der Waals surface area (Å²) in [7, 11) is -3.18. The number of hydrogen-bond acceptors (Lipinski definition) is 3. The molecule has 2 N–H and O–H groups in total. The van der Waals surface area contributed by atoms with E-state index in [-0.39, 0.29) is 6.10 Å². The molecule has 1 aliphatic heterocycles. The van der Waals surface area contributed by atoms with Crippen molar-refractivity contribution in [3.8, 4) is 0 Å². The van der Waals surface area contributed by atoms with Gasteiger partial charge in [-0.15, -0.1) is 0 Å². The van der Waals surface area contributed by atoms with E-state index in [1.807, 2.05) is 0 Å². The molecular formula is C16H39NO2Si2. The summed E-state index contributed by atoms with van der Waals surface area (Å²) >= 11 is 0. The number of nitrogens with one attached hydrogen (secondary N) is 1. The number of rotatable bonds is 2. The van der Waals surface area contributed by atoms with Gasteiger partial charge in [0.2, 0.25) is 0 Å². The lowest BCUT2D eigenvalue weighted by atomic mass is 10.2. The van der Waals surface area contributed by atoms with Crippen LogP contribution in [0.5, 0.6) is 0 Å². The van der Waals surface area contributed by atoms with E-state index in [1.165, 1.54) is 0 Å². The second-order valence-corrected chi connectivity index (χ2v) is 19.1. The molecule has 21 heavy (non-hydrogen) atoms. The molecule has 1 rings (SSSR count). The molecule has 0 spiro atoms. The van der Waals surface area contributed by atoms with E-state index in [9.17, 15) is 0 Å². The zero-order valence-electron chi connectivity index (χ0n) is 16.1. The molecule has 0 aromatic rings. The van der Waals surface area contributed by atoms with Crippen molar-refractivity contribution in [3.63, 3.8) is 0 Å². The van der Waals surface area contributed by atoms with Gasteiger partial charge in [0, 0.05) is 6.54 Å². The van der Waals surface area contributed by atoms with Crippen molar-refractivity contribution >= 4 is 16.6 Å². The minimum Gasteiger partial charge on any atom is -0.455 e. The van der Waals surface area contributed by atoms with Gasteiger partial charge in [0.15, 0.2) is 16.6 Å². The van der Waals surface area contributed by atoms with Crippen LogP contribution in [0.3, 0.4) is 0 Å². The average molecular weight is 334 g/mol. The Morgan fingerprint density at radius 2 is 1.29 bits per heavy atom.